The van der Waals surface area contributed by atoms with Crippen molar-refractivity contribution >= 4 is 29.0 Å². The number of anilines is 3. The lowest BCUT2D eigenvalue weighted by Crippen LogP contribution is -2.45. The van der Waals surface area contributed by atoms with E-state index in [9.17, 15) is 28.0 Å². The Morgan fingerprint density at radius 3 is 2.44 bits per heavy atom. The predicted molar refractivity (Wildman–Crippen MR) is 125 cm³/mol. The Balaban J connectivity index is 2.00. The van der Waals surface area contributed by atoms with E-state index in [0.717, 1.165) is 17.0 Å². The first-order chi connectivity index (χ1) is 15.9. The van der Waals surface area contributed by atoms with Crippen molar-refractivity contribution in [3.05, 3.63) is 50.7 Å². The maximum Gasteiger partial charge on any atom is 0.330 e. The Kier molecular flexibility index (Phi) is 7.23. The second-order valence-electron chi connectivity index (χ2n) is 9.34. The van der Waals surface area contributed by atoms with Crippen LogP contribution in [0.1, 0.15) is 34.1 Å². The van der Waals surface area contributed by atoms with Gasteiger partial charge in [0.1, 0.15) is 17.5 Å². The van der Waals surface area contributed by atoms with Gasteiger partial charge >= 0.3 is 5.69 Å². The molecule has 0 radical (unpaired) electrons. The van der Waals surface area contributed by atoms with Crippen LogP contribution in [0.4, 0.5) is 26.0 Å². The third-order valence-corrected chi connectivity index (χ3v) is 5.52. The van der Waals surface area contributed by atoms with Gasteiger partial charge in [-0.3, -0.25) is 23.9 Å². The van der Waals surface area contributed by atoms with Crippen LogP contribution >= 0.6 is 0 Å². The van der Waals surface area contributed by atoms with Crippen molar-refractivity contribution in [1.82, 2.24) is 9.55 Å². The minimum Gasteiger partial charge on any atom is -0.383 e. The zero-order valence-electron chi connectivity index (χ0n) is 19.6. The molecule has 9 nitrogen and oxygen atoms in total. The zero-order valence-corrected chi connectivity index (χ0v) is 19.6. The van der Waals surface area contributed by atoms with E-state index in [1.807, 2.05) is 27.7 Å². The molecule has 1 aromatic carbocycles. The van der Waals surface area contributed by atoms with Gasteiger partial charge in [-0.1, -0.05) is 27.7 Å². The van der Waals surface area contributed by atoms with Gasteiger partial charge < -0.3 is 15.5 Å². The molecule has 184 valence electrons. The summed E-state index contributed by atoms with van der Waals surface area (Å²) in [5.41, 5.74) is 4.45. The van der Waals surface area contributed by atoms with E-state index in [2.05, 4.69) is 4.98 Å². The van der Waals surface area contributed by atoms with Crippen molar-refractivity contribution in [3.8, 4) is 0 Å². The monoisotopic (exact) mass is 477 g/mol. The summed E-state index contributed by atoms with van der Waals surface area (Å²) in [6.45, 7) is 7.64. The molecule has 1 aliphatic rings. The van der Waals surface area contributed by atoms with Crippen molar-refractivity contribution in [2.24, 2.45) is 17.8 Å². The van der Waals surface area contributed by atoms with E-state index < -0.39 is 40.6 Å². The van der Waals surface area contributed by atoms with E-state index in [1.54, 1.807) is 0 Å². The normalized spacial score (nSPS) is 16.1. The van der Waals surface area contributed by atoms with Crippen molar-refractivity contribution in [2.75, 3.05) is 28.6 Å². The number of carbonyl (C=O) groups is 2. The van der Waals surface area contributed by atoms with Crippen LogP contribution in [-0.2, 0) is 16.1 Å². The van der Waals surface area contributed by atoms with Crippen LogP contribution in [0.5, 0.6) is 0 Å². The fraction of sp³-hybridized carbons (Fsp3) is 0.478. The summed E-state index contributed by atoms with van der Waals surface area (Å²) in [6, 6.07) is 2.84. The Hall–Kier alpha value is -3.50. The molecule has 2 heterocycles. The number of hydrogen-bond acceptors (Lipinski definition) is 5. The standard InChI is InChI=1S/C23H29F2N5O4/c1-12(2)9-29(19-20(26)30(10-13(3)4)23(34)27-21(19)32)22(33)14-7-18(31)28(11-14)17-6-5-15(24)8-16(17)25/h5-6,8,12-14H,7,9-11,26H2,1-4H3,(H,27,32,34). The first kappa shape index (κ1) is 25.1. The first-order valence-corrected chi connectivity index (χ1v) is 11.1. The lowest BCUT2D eigenvalue weighted by molar-refractivity contribution is -0.124. The number of rotatable bonds is 7. The first-order valence-electron chi connectivity index (χ1n) is 11.1. The van der Waals surface area contributed by atoms with Gasteiger partial charge in [0.25, 0.3) is 5.56 Å². The van der Waals surface area contributed by atoms with Crippen LogP contribution < -0.4 is 26.8 Å². The van der Waals surface area contributed by atoms with Gasteiger partial charge in [-0.2, -0.15) is 0 Å². The number of nitrogens with two attached hydrogens (primary N) is 1. The van der Waals surface area contributed by atoms with E-state index in [-0.39, 0.29) is 55.1 Å². The molecule has 34 heavy (non-hydrogen) atoms. The molecule has 2 aromatic rings. The molecule has 0 bridgehead atoms. The van der Waals surface area contributed by atoms with Gasteiger partial charge in [-0.05, 0) is 24.0 Å². The molecular formula is C23H29F2N5O4. The maximum absolute atomic E-state index is 14.3. The quantitative estimate of drug-likeness (QED) is 0.633. The number of H-pyrrole nitrogens is 1. The highest BCUT2D eigenvalue weighted by atomic mass is 19.1. The molecule has 2 amide bonds. The fourth-order valence-electron chi connectivity index (χ4n) is 4.07. The summed E-state index contributed by atoms with van der Waals surface area (Å²) in [4.78, 5) is 55.8. The average molecular weight is 478 g/mol. The molecule has 1 atom stereocenters. The second-order valence-corrected chi connectivity index (χ2v) is 9.34. The number of halogens is 2. The molecule has 0 spiro atoms. The van der Waals surface area contributed by atoms with Crippen molar-refractivity contribution in [2.45, 2.75) is 40.7 Å². The number of nitrogen functional groups attached to an aromatic ring is 1. The minimum atomic E-state index is -0.915. The molecule has 11 heteroatoms. The van der Waals surface area contributed by atoms with E-state index >= 15 is 0 Å². The molecule has 0 saturated carbocycles. The highest BCUT2D eigenvalue weighted by Gasteiger charge is 2.40. The molecule has 0 aliphatic carbocycles. The van der Waals surface area contributed by atoms with Crippen molar-refractivity contribution in [3.63, 3.8) is 0 Å². The largest absolute Gasteiger partial charge is 0.383 e. The van der Waals surface area contributed by atoms with Gasteiger partial charge in [0, 0.05) is 32.1 Å². The lowest BCUT2D eigenvalue weighted by atomic mass is 10.1. The fourth-order valence-corrected chi connectivity index (χ4v) is 4.07. The minimum absolute atomic E-state index is 0.0413. The highest BCUT2D eigenvalue weighted by Crippen LogP contribution is 2.30. The highest BCUT2D eigenvalue weighted by molar-refractivity contribution is 6.05. The number of nitrogens with one attached hydrogen (secondary N) is 1. The topological polar surface area (TPSA) is 121 Å². The van der Waals surface area contributed by atoms with Crippen LogP contribution in [-0.4, -0.2) is 34.5 Å². The Morgan fingerprint density at radius 1 is 1.18 bits per heavy atom. The average Bonchev–Trinajstić information content (AvgIpc) is 3.10. The van der Waals surface area contributed by atoms with Crippen molar-refractivity contribution < 1.29 is 18.4 Å². The number of amides is 2. The van der Waals surface area contributed by atoms with E-state index in [0.29, 0.717) is 6.07 Å². The molecule has 1 unspecified atom stereocenters. The molecule has 1 saturated heterocycles. The van der Waals surface area contributed by atoms with Crippen molar-refractivity contribution in [1.29, 1.82) is 0 Å². The number of benzene rings is 1. The van der Waals surface area contributed by atoms with Gasteiger partial charge in [0.2, 0.25) is 11.8 Å². The number of aromatic amines is 1. The molecule has 1 aromatic heterocycles. The number of hydrogen-bond donors (Lipinski definition) is 2. The van der Waals surface area contributed by atoms with Gasteiger partial charge in [-0.25, -0.2) is 13.6 Å². The van der Waals surface area contributed by atoms with Crippen LogP contribution in [0, 0.1) is 29.4 Å². The van der Waals surface area contributed by atoms with Gasteiger partial charge in [0.15, 0.2) is 5.69 Å². The summed E-state index contributed by atoms with van der Waals surface area (Å²) in [5, 5.41) is 0. The lowest BCUT2D eigenvalue weighted by Gasteiger charge is -2.28. The smallest absolute Gasteiger partial charge is 0.330 e. The van der Waals surface area contributed by atoms with Crippen LogP contribution in [0.3, 0.4) is 0 Å². The number of nitrogens with zero attached hydrogens (tertiary/aromatic N) is 3. The maximum atomic E-state index is 14.3. The zero-order chi connectivity index (χ0) is 25.3. The van der Waals surface area contributed by atoms with E-state index in [1.165, 1.54) is 9.47 Å². The Bertz CT molecular complexity index is 1220. The molecule has 1 fully saturated rings. The van der Waals surface area contributed by atoms with Crippen LogP contribution in [0.15, 0.2) is 27.8 Å². The molecule has 3 rings (SSSR count). The summed E-state index contributed by atoms with van der Waals surface area (Å²) < 4.78 is 28.8. The number of aromatic nitrogens is 2. The third kappa shape index (κ3) is 5.02. The summed E-state index contributed by atoms with van der Waals surface area (Å²) in [7, 11) is 0. The molecule has 3 N–H and O–H groups in total. The second kappa shape index (κ2) is 9.78. The van der Waals surface area contributed by atoms with E-state index in [4.69, 9.17) is 5.73 Å². The Labute approximate surface area is 195 Å². The predicted octanol–water partition coefficient (Wildman–Crippen LogP) is 2.10. The van der Waals surface area contributed by atoms with Gasteiger partial charge in [-0.15, -0.1) is 0 Å². The number of carbonyl (C=O) groups excluding carboxylic acids is 2. The van der Waals surface area contributed by atoms with Crippen LogP contribution in [0.2, 0.25) is 0 Å². The Morgan fingerprint density at radius 2 is 1.85 bits per heavy atom. The van der Waals surface area contributed by atoms with Gasteiger partial charge in [0.05, 0.1) is 11.6 Å². The van der Waals surface area contributed by atoms with Crippen LogP contribution in [0.25, 0.3) is 0 Å². The third-order valence-electron chi connectivity index (χ3n) is 5.52. The summed E-state index contributed by atoms with van der Waals surface area (Å²) >= 11 is 0. The summed E-state index contributed by atoms with van der Waals surface area (Å²) in [5.74, 6) is -3.80. The SMILES string of the molecule is CC(C)CN(C(=O)C1CC(=O)N(c2ccc(F)cc2F)C1)c1c(N)n(CC(C)C)c(=O)[nH]c1=O. The molecule has 1 aliphatic heterocycles. The molecular weight excluding hydrogens is 448 g/mol. The summed E-state index contributed by atoms with van der Waals surface area (Å²) in [6.07, 6.45) is -0.215.